The van der Waals surface area contributed by atoms with Crippen LogP contribution in [0.5, 0.6) is 5.75 Å². The SMILES string of the molecule is COc1ccc(Cl)cc1CN(C)CN1C(=O)CC2(CCCC2)C1=O. The number of carbonyl (C=O) groups excluding carboxylic acids is 2. The van der Waals surface area contributed by atoms with Crippen LogP contribution in [0.4, 0.5) is 0 Å². The van der Waals surface area contributed by atoms with Gasteiger partial charge in [0.1, 0.15) is 5.75 Å². The van der Waals surface area contributed by atoms with Crippen LogP contribution >= 0.6 is 11.6 Å². The summed E-state index contributed by atoms with van der Waals surface area (Å²) in [5.74, 6) is 0.708. The van der Waals surface area contributed by atoms with Crippen LogP contribution in [0.25, 0.3) is 0 Å². The van der Waals surface area contributed by atoms with Gasteiger partial charge in [-0.25, -0.2) is 0 Å². The molecule has 3 rings (SSSR count). The Bertz CT molecular complexity index is 656. The van der Waals surface area contributed by atoms with E-state index in [4.69, 9.17) is 16.3 Å². The molecule has 2 amide bonds. The summed E-state index contributed by atoms with van der Waals surface area (Å²) >= 11 is 6.06. The summed E-state index contributed by atoms with van der Waals surface area (Å²) in [6, 6.07) is 5.45. The van der Waals surface area contributed by atoms with E-state index in [0.717, 1.165) is 37.0 Å². The Morgan fingerprint density at radius 2 is 2.00 bits per heavy atom. The van der Waals surface area contributed by atoms with E-state index in [-0.39, 0.29) is 11.8 Å². The molecular formula is C18H23ClN2O3. The molecule has 0 N–H and O–H groups in total. The van der Waals surface area contributed by atoms with E-state index in [0.29, 0.717) is 24.7 Å². The standard InChI is InChI=1S/C18H23ClN2O3/c1-20(11-13-9-14(19)5-6-15(13)24-2)12-21-16(22)10-18(17(21)23)7-3-4-8-18/h5-6,9H,3-4,7-8,10-12H2,1-2H3. The van der Waals surface area contributed by atoms with Gasteiger partial charge in [0.05, 0.1) is 19.2 Å². The Hall–Kier alpha value is -1.59. The van der Waals surface area contributed by atoms with Crippen molar-refractivity contribution in [1.82, 2.24) is 9.80 Å². The average molecular weight is 351 g/mol. The number of nitrogens with zero attached hydrogens (tertiary/aromatic N) is 2. The summed E-state index contributed by atoms with van der Waals surface area (Å²) in [6.45, 7) is 0.850. The Morgan fingerprint density at radius 1 is 1.29 bits per heavy atom. The first-order valence-electron chi connectivity index (χ1n) is 8.31. The number of imide groups is 1. The van der Waals surface area contributed by atoms with Gasteiger partial charge in [0.2, 0.25) is 11.8 Å². The van der Waals surface area contributed by atoms with Crippen molar-refractivity contribution in [3.63, 3.8) is 0 Å². The van der Waals surface area contributed by atoms with Gasteiger partial charge >= 0.3 is 0 Å². The predicted molar refractivity (Wildman–Crippen MR) is 91.7 cm³/mol. The van der Waals surface area contributed by atoms with Gasteiger partial charge < -0.3 is 4.74 Å². The summed E-state index contributed by atoms with van der Waals surface area (Å²) < 4.78 is 5.36. The minimum atomic E-state index is -0.411. The normalized spacial score (nSPS) is 19.8. The van der Waals surface area contributed by atoms with Crippen molar-refractivity contribution in [3.8, 4) is 5.75 Å². The number of carbonyl (C=O) groups is 2. The fraction of sp³-hybridized carbons (Fsp3) is 0.556. The summed E-state index contributed by atoms with van der Waals surface area (Å²) in [4.78, 5) is 28.4. The van der Waals surface area contributed by atoms with Crippen LogP contribution < -0.4 is 4.74 Å². The lowest BCUT2D eigenvalue weighted by Gasteiger charge is -2.26. The predicted octanol–water partition coefficient (Wildman–Crippen LogP) is 3.06. The molecule has 1 heterocycles. The summed E-state index contributed by atoms with van der Waals surface area (Å²) in [6.07, 6.45) is 4.16. The molecule has 6 heteroatoms. The van der Waals surface area contributed by atoms with Crippen LogP contribution in [0.3, 0.4) is 0 Å². The molecule has 1 saturated heterocycles. The van der Waals surface area contributed by atoms with E-state index in [1.807, 2.05) is 24.1 Å². The van der Waals surface area contributed by atoms with Gasteiger partial charge in [0.15, 0.2) is 0 Å². The van der Waals surface area contributed by atoms with Crippen LogP contribution in [0.2, 0.25) is 5.02 Å². The number of halogens is 1. The maximum Gasteiger partial charge on any atom is 0.237 e. The first-order chi connectivity index (χ1) is 11.4. The molecule has 0 radical (unpaired) electrons. The van der Waals surface area contributed by atoms with E-state index in [2.05, 4.69) is 0 Å². The highest BCUT2D eigenvalue weighted by Crippen LogP contribution is 2.46. The van der Waals surface area contributed by atoms with Crippen LogP contribution in [0.1, 0.15) is 37.7 Å². The molecule has 1 aliphatic carbocycles. The molecule has 0 atom stereocenters. The number of methoxy groups -OCH3 is 1. The number of hydrogen-bond acceptors (Lipinski definition) is 4. The minimum absolute atomic E-state index is 0.00918. The number of amides is 2. The Morgan fingerprint density at radius 3 is 2.67 bits per heavy atom. The van der Waals surface area contributed by atoms with Crippen molar-refractivity contribution in [1.29, 1.82) is 0 Å². The highest BCUT2D eigenvalue weighted by molar-refractivity contribution is 6.30. The van der Waals surface area contributed by atoms with Crippen molar-refractivity contribution in [2.24, 2.45) is 5.41 Å². The van der Waals surface area contributed by atoms with Crippen LogP contribution in [0.15, 0.2) is 18.2 Å². The first kappa shape index (κ1) is 17.2. The lowest BCUT2D eigenvalue weighted by Crippen LogP contribution is -2.41. The maximum atomic E-state index is 12.7. The zero-order valence-corrected chi connectivity index (χ0v) is 14.9. The molecule has 130 valence electrons. The van der Waals surface area contributed by atoms with Crippen LogP contribution in [-0.2, 0) is 16.1 Å². The summed E-state index contributed by atoms with van der Waals surface area (Å²) in [5, 5.41) is 0.637. The third kappa shape index (κ3) is 3.15. The zero-order chi connectivity index (χ0) is 17.3. The quantitative estimate of drug-likeness (QED) is 0.766. The molecule has 0 unspecified atom stereocenters. The summed E-state index contributed by atoms with van der Waals surface area (Å²) in [7, 11) is 3.50. The van der Waals surface area contributed by atoms with Crippen LogP contribution in [-0.4, -0.2) is 42.4 Å². The second-order valence-electron chi connectivity index (χ2n) is 6.90. The largest absolute Gasteiger partial charge is 0.496 e. The van der Waals surface area contributed by atoms with Crippen LogP contribution in [0, 0.1) is 5.41 Å². The molecule has 0 aromatic heterocycles. The molecule has 24 heavy (non-hydrogen) atoms. The molecule has 2 aliphatic rings. The number of ether oxygens (including phenoxy) is 1. The third-order valence-corrected chi connectivity index (χ3v) is 5.35. The molecule has 1 aromatic rings. The Balaban J connectivity index is 1.69. The molecule has 5 nitrogen and oxygen atoms in total. The van der Waals surface area contributed by atoms with Gasteiger partial charge in [0.25, 0.3) is 0 Å². The molecule has 1 aliphatic heterocycles. The molecule has 1 spiro atoms. The van der Waals surface area contributed by atoms with E-state index in [9.17, 15) is 9.59 Å². The smallest absolute Gasteiger partial charge is 0.237 e. The number of rotatable bonds is 5. The fourth-order valence-corrected chi connectivity index (χ4v) is 4.09. The van der Waals surface area contributed by atoms with Crippen molar-refractivity contribution < 1.29 is 14.3 Å². The Labute approximate surface area is 147 Å². The number of hydrogen-bond donors (Lipinski definition) is 0. The van der Waals surface area contributed by atoms with E-state index in [1.54, 1.807) is 13.2 Å². The second-order valence-corrected chi connectivity index (χ2v) is 7.34. The Kier molecular flexibility index (Phi) is 4.83. The topological polar surface area (TPSA) is 49.9 Å². The number of likely N-dealkylation sites (tertiary alicyclic amines) is 1. The van der Waals surface area contributed by atoms with Crippen molar-refractivity contribution >= 4 is 23.4 Å². The van der Waals surface area contributed by atoms with Crippen molar-refractivity contribution in [3.05, 3.63) is 28.8 Å². The van der Waals surface area contributed by atoms with E-state index < -0.39 is 5.41 Å². The van der Waals surface area contributed by atoms with E-state index >= 15 is 0 Å². The fourth-order valence-electron chi connectivity index (χ4n) is 3.90. The highest BCUT2D eigenvalue weighted by Gasteiger charge is 2.52. The average Bonchev–Trinajstić information content (AvgIpc) is 3.09. The van der Waals surface area contributed by atoms with Gasteiger partial charge in [-0.2, -0.15) is 0 Å². The molecule has 1 aromatic carbocycles. The minimum Gasteiger partial charge on any atom is -0.496 e. The van der Waals surface area contributed by atoms with Gasteiger partial charge in [-0.1, -0.05) is 24.4 Å². The second kappa shape index (κ2) is 6.73. The number of benzene rings is 1. The van der Waals surface area contributed by atoms with E-state index in [1.165, 1.54) is 4.90 Å². The van der Waals surface area contributed by atoms with Crippen molar-refractivity contribution in [2.75, 3.05) is 20.8 Å². The van der Waals surface area contributed by atoms with Gasteiger partial charge in [-0.3, -0.25) is 19.4 Å². The molecule has 2 fully saturated rings. The molecular weight excluding hydrogens is 328 g/mol. The van der Waals surface area contributed by atoms with Gasteiger partial charge in [-0.05, 0) is 38.1 Å². The lowest BCUT2D eigenvalue weighted by molar-refractivity contribution is -0.143. The maximum absolute atomic E-state index is 12.7. The zero-order valence-electron chi connectivity index (χ0n) is 14.2. The molecule has 0 bridgehead atoms. The third-order valence-electron chi connectivity index (χ3n) is 5.12. The summed E-state index contributed by atoms with van der Waals surface area (Å²) in [5.41, 5.74) is 0.522. The van der Waals surface area contributed by atoms with Gasteiger partial charge in [-0.15, -0.1) is 0 Å². The van der Waals surface area contributed by atoms with Gasteiger partial charge in [0, 0.05) is 23.6 Å². The van der Waals surface area contributed by atoms with Crippen molar-refractivity contribution in [2.45, 2.75) is 38.6 Å². The lowest BCUT2D eigenvalue weighted by atomic mass is 9.85. The highest BCUT2D eigenvalue weighted by atomic mass is 35.5. The molecule has 1 saturated carbocycles. The monoisotopic (exact) mass is 350 g/mol. The first-order valence-corrected chi connectivity index (χ1v) is 8.69.